The predicted molar refractivity (Wildman–Crippen MR) is 118 cm³/mol. The molecule has 0 radical (unpaired) electrons. The first kappa shape index (κ1) is 22.9. The zero-order chi connectivity index (χ0) is 21.4. The minimum atomic E-state index is -3.80. The maximum Gasteiger partial charge on any atom is 0.262 e. The molecule has 6 nitrogen and oxygen atoms in total. The van der Waals surface area contributed by atoms with Gasteiger partial charge in [0.15, 0.2) is 0 Å². The van der Waals surface area contributed by atoms with Crippen molar-refractivity contribution in [2.45, 2.75) is 38.0 Å². The standard InChI is InChI=1S/C22H31N3O3S/c1-5-6-7-18-9-12-20(13-10-18)24-29(27,28)21-16-19(11-8-17(21)2)22(26)23-14-15-25(3)4/h8-13,16,24H,5-7,14-15H2,1-4H3,(H,23,26). The molecule has 0 aromatic heterocycles. The van der Waals surface area contributed by atoms with Crippen molar-refractivity contribution in [1.82, 2.24) is 10.2 Å². The fraction of sp³-hybridized carbons (Fsp3) is 0.409. The van der Waals surface area contributed by atoms with Crippen LogP contribution in [0.5, 0.6) is 0 Å². The van der Waals surface area contributed by atoms with Crippen LogP contribution in [0.3, 0.4) is 0 Å². The van der Waals surface area contributed by atoms with Gasteiger partial charge in [-0.3, -0.25) is 9.52 Å². The van der Waals surface area contributed by atoms with Crippen LogP contribution in [0.4, 0.5) is 5.69 Å². The van der Waals surface area contributed by atoms with Crippen molar-refractivity contribution in [3.05, 3.63) is 59.2 Å². The van der Waals surface area contributed by atoms with Crippen molar-refractivity contribution in [3.8, 4) is 0 Å². The van der Waals surface area contributed by atoms with Crippen LogP contribution in [0, 0.1) is 6.92 Å². The largest absolute Gasteiger partial charge is 0.351 e. The third-order valence-electron chi connectivity index (χ3n) is 4.61. The Labute approximate surface area is 174 Å². The van der Waals surface area contributed by atoms with E-state index in [0.29, 0.717) is 29.9 Å². The number of aryl methyl sites for hydroxylation is 2. The van der Waals surface area contributed by atoms with Crippen LogP contribution in [0.25, 0.3) is 0 Å². The Morgan fingerprint density at radius 3 is 2.38 bits per heavy atom. The van der Waals surface area contributed by atoms with Crippen molar-refractivity contribution in [2.75, 3.05) is 31.9 Å². The van der Waals surface area contributed by atoms with E-state index in [4.69, 9.17) is 0 Å². The third-order valence-corrected chi connectivity index (χ3v) is 6.13. The van der Waals surface area contributed by atoms with E-state index in [1.807, 2.05) is 31.1 Å². The van der Waals surface area contributed by atoms with E-state index in [1.165, 1.54) is 11.6 Å². The molecule has 2 aromatic carbocycles. The lowest BCUT2D eigenvalue weighted by Gasteiger charge is -2.13. The first-order valence-electron chi connectivity index (χ1n) is 9.88. The number of likely N-dealkylation sites (N-methyl/N-ethyl adjacent to an activating group) is 1. The van der Waals surface area contributed by atoms with Crippen LogP contribution in [0.1, 0.15) is 41.3 Å². The van der Waals surface area contributed by atoms with Crippen molar-refractivity contribution in [1.29, 1.82) is 0 Å². The number of carbonyl (C=O) groups excluding carboxylic acids is 1. The summed E-state index contributed by atoms with van der Waals surface area (Å²) in [6, 6.07) is 12.2. The summed E-state index contributed by atoms with van der Waals surface area (Å²) in [5.41, 5.74) is 2.60. The highest BCUT2D eigenvalue weighted by Gasteiger charge is 2.19. The minimum absolute atomic E-state index is 0.104. The first-order valence-corrected chi connectivity index (χ1v) is 11.4. The summed E-state index contributed by atoms with van der Waals surface area (Å²) < 4.78 is 28.4. The Hall–Kier alpha value is -2.38. The normalized spacial score (nSPS) is 11.5. The van der Waals surface area contributed by atoms with Gasteiger partial charge in [0.25, 0.3) is 15.9 Å². The maximum atomic E-state index is 12.9. The summed E-state index contributed by atoms with van der Waals surface area (Å²) in [7, 11) is 0.0407. The van der Waals surface area contributed by atoms with Crippen LogP contribution >= 0.6 is 0 Å². The summed E-state index contributed by atoms with van der Waals surface area (Å²) in [5.74, 6) is -0.288. The molecule has 0 aliphatic heterocycles. The van der Waals surface area contributed by atoms with Crippen molar-refractivity contribution in [3.63, 3.8) is 0 Å². The molecule has 0 heterocycles. The van der Waals surface area contributed by atoms with Crippen LogP contribution in [0.2, 0.25) is 0 Å². The van der Waals surface area contributed by atoms with Crippen molar-refractivity contribution >= 4 is 21.6 Å². The van der Waals surface area contributed by atoms with Crippen molar-refractivity contribution in [2.24, 2.45) is 0 Å². The highest BCUT2D eigenvalue weighted by atomic mass is 32.2. The Bertz CT molecular complexity index is 923. The monoisotopic (exact) mass is 417 g/mol. The number of amides is 1. The number of carbonyl (C=O) groups is 1. The van der Waals surface area contributed by atoms with E-state index in [1.54, 1.807) is 31.2 Å². The number of hydrogen-bond acceptors (Lipinski definition) is 4. The smallest absolute Gasteiger partial charge is 0.262 e. The number of nitrogens with zero attached hydrogens (tertiary/aromatic N) is 1. The van der Waals surface area contributed by atoms with Gasteiger partial charge in [-0.2, -0.15) is 0 Å². The number of anilines is 1. The van der Waals surface area contributed by atoms with Gasteiger partial charge in [-0.05, 0) is 69.3 Å². The van der Waals surface area contributed by atoms with E-state index >= 15 is 0 Å². The molecule has 0 atom stereocenters. The Morgan fingerprint density at radius 2 is 1.76 bits per heavy atom. The van der Waals surface area contributed by atoms with Gasteiger partial charge in [-0.25, -0.2) is 8.42 Å². The van der Waals surface area contributed by atoms with E-state index in [9.17, 15) is 13.2 Å². The fourth-order valence-electron chi connectivity index (χ4n) is 2.86. The van der Waals surface area contributed by atoms with Gasteiger partial charge in [-0.1, -0.05) is 31.5 Å². The molecule has 0 unspecified atom stereocenters. The van der Waals surface area contributed by atoms with Gasteiger partial charge in [-0.15, -0.1) is 0 Å². The number of unbranched alkanes of at least 4 members (excludes halogenated alkanes) is 1. The molecule has 7 heteroatoms. The van der Waals surface area contributed by atoms with Crippen LogP contribution < -0.4 is 10.0 Å². The van der Waals surface area contributed by atoms with Crippen LogP contribution in [-0.4, -0.2) is 46.4 Å². The average molecular weight is 418 g/mol. The molecule has 0 fully saturated rings. The fourth-order valence-corrected chi connectivity index (χ4v) is 4.19. The molecular weight excluding hydrogens is 386 g/mol. The predicted octanol–water partition coefficient (Wildman–Crippen LogP) is 3.43. The van der Waals surface area contributed by atoms with E-state index in [0.717, 1.165) is 19.3 Å². The Morgan fingerprint density at radius 1 is 1.07 bits per heavy atom. The second-order valence-electron chi connectivity index (χ2n) is 7.45. The quantitative estimate of drug-likeness (QED) is 0.621. The third kappa shape index (κ3) is 6.87. The number of nitrogens with one attached hydrogen (secondary N) is 2. The summed E-state index contributed by atoms with van der Waals surface area (Å²) in [6.45, 7) is 5.06. The molecule has 0 aliphatic rings. The molecule has 158 valence electrons. The maximum absolute atomic E-state index is 12.9. The highest BCUT2D eigenvalue weighted by Crippen LogP contribution is 2.21. The lowest BCUT2D eigenvalue weighted by atomic mass is 10.1. The highest BCUT2D eigenvalue weighted by molar-refractivity contribution is 7.92. The number of sulfonamides is 1. The SMILES string of the molecule is CCCCc1ccc(NS(=O)(=O)c2cc(C(=O)NCCN(C)C)ccc2C)cc1. The molecule has 0 saturated carbocycles. The lowest BCUT2D eigenvalue weighted by molar-refractivity contribution is 0.0951. The van der Waals surface area contributed by atoms with E-state index < -0.39 is 10.0 Å². The van der Waals surface area contributed by atoms with Crippen LogP contribution in [-0.2, 0) is 16.4 Å². The summed E-state index contributed by atoms with van der Waals surface area (Å²) in [4.78, 5) is 14.4. The number of hydrogen-bond donors (Lipinski definition) is 2. The minimum Gasteiger partial charge on any atom is -0.351 e. The Balaban J connectivity index is 2.15. The molecule has 2 aromatic rings. The number of rotatable bonds is 10. The van der Waals surface area contributed by atoms with Gasteiger partial charge in [0.05, 0.1) is 4.90 Å². The van der Waals surface area contributed by atoms with Gasteiger partial charge >= 0.3 is 0 Å². The average Bonchev–Trinajstić information content (AvgIpc) is 2.67. The van der Waals surface area contributed by atoms with Gasteiger partial charge in [0.2, 0.25) is 0 Å². The molecule has 1 amide bonds. The second kappa shape index (κ2) is 10.4. The summed E-state index contributed by atoms with van der Waals surface area (Å²) in [5, 5.41) is 2.81. The van der Waals surface area contributed by atoms with Gasteiger partial charge in [0.1, 0.15) is 0 Å². The summed E-state index contributed by atoms with van der Waals surface area (Å²) >= 11 is 0. The Kier molecular flexibility index (Phi) is 8.22. The molecule has 2 N–H and O–H groups in total. The topological polar surface area (TPSA) is 78.5 Å². The summed E-state index contributed by atoms with van der Waals surface area (Å²) in [6.07, 6.45) is 3.20. The molecular formula is C22H31N3O3S. The van der Waals surface area contributed by atoms with E-state index in [-0.39, 0.29) is 10.8 Å². The van der Waals surface area contributed by atoms with E-state index in [2.05, 4.69) is 17.0 Å². The van der Waals surface area contributed by atoms with Gasteiger partial charge < -0.3 is 10.2 Å². The van der Waals surface area contributed by atoms with Gasteiger partial charge in [0, 0.05) is 24.3 Å². The molecule has 0 spiro atoms. The molecule has 0 aliphatic carbocycles. The first-order chi connectivity index (χ1) is 13.7. The molecule has 0 saturated heterocycles. The molecule has 2 rings (SSSR count). The molecule has 0 bridgehead atoms. The lowest BCUT2D eigenvalue weighted by Crippen LogP contribution is -2.31. The van der Waals surface area contributed by atoms with Crippen LogP contribution in [0.15, 0.2) is 47.4 Å². The number of benzene rings is 2. The molecule has 29 heavy (non-hydrogen) atoms. The second-order valence-corrected chi connectivity index (χ2v) is 9.10. The van der Waals surface area contributed by atoms with Crippen molar-refractivity contribution < 1.29 is 13.2 Å². The zero-order valence-electron chi connectivity index (χ0n) is 17.7. The zero-order valence-corrected chi connectivity index (χ0v) is 18.5.